The number of carbonyl (C=O) groups excluding carboxylic acids is 1. The minimum atomic E-state index is -0.621. The molecule has 0 fully saturated rings. The molecule has 6 aromatic rings. The number of hydrogen-bond acceptors (Lipinski definition) is 7. The molecule has 0 unspecified atom stereocenters. The van der Waals surface area contributed by atoms with Crippen LogP contribution in [0.25, 0.3) is 22.1 Å². The van der Waals surface area contributed by atoms with E-state index in [1.807, 2.05) is 55.5 Å². The lowest BCUT2D eigenvalue weighted by atomic mass is 10.0. The topological polar surface area (TPSA) is 120 Å². The summed E-state index contributed by atoms with van der Waals surface area (Å²) in [5.74, 6) is 5.85. The molecule has 0 saturated carbocycles. The lowest BCUT2D eigenvalue weighted by Gasteiger charge is -2.23. The normalized spacial score (nSPS) is 11.8. The van der Waals surface area contributed by atoms with Gasteiger partial charge in [0, 0.05) is 33.5 Å². The fourth-order valence-corrected chi connectivity index (χ4v) is 5.93. The van der Waals surface area contributed by atoms with E-state index in [4.69, 9.17) is 5.73 Å². The lowest BCUT2D eigenvalue weighted by Crippen LogP contribution is -2.33. The first kappa shape index (κ1) is 25.5. The minimum Gasteiger partial charge on any atom is -0.381 e. The average Bonchev–Trinajstić information content (AvgIpc) is 3.60. The van der Waals surface area contributed by atoms with Crippen LogP contribution in [0.3, 0.4) is 0 Å². The number of anilines is 1. The predicted octanol–water partition coefficient (Wildman–Crippen LogP) is 4.73. The van der Waals surface area contributed by atoms with E-state index in [0.29, 0.717) is 37.8 Å². The number of rotatable bonds is 4. The van der Waals surface area contributed by atoms with E-state index in [0.717, 1.165) is 4.88 Å². The SMILES string of the molecule is C[C@H](NC(=O)c1c(N)nn2cccnc12)c1c(Br)c2cccc(C#Cc3cncs3)c2c(=O)n1-c1ccccc1. The Morgan fingerprint density at radius 2 is 1.95 bits per heavy atom. The summed E-state index contributed by atoms with van der Waals surface area (Å²) < 4.78 is 3.72. The van der Waals surface area contributed by atoms with Gasteiger partial charge >= 0.3 is 0 Å². The number of nitrogen functional groups attached to an aromatic ring is 1. The van der Waals surface area contributed by atoms with Crippen LogP contribution in [0.4, 0.5) is 5.82 Å². The zero-order chi connectivity index (χ0) is 27.8. The predicted molar refractivity (Wildman–Crippen MR) is 159 cm³/mol. The van der Waals surface area contributed by atoms with Crippen molar-refractivity contribution in [2.45, 2.75) is 13.0 Å². The van der Waals surface area contributed by atoms with Crippen LogP contribution in [0.5, 0.6) is 0 Å². The third-order valence-electron chi connectivity index (χ3n) is 6.36. The van der Waals surface area contributed by atoms with Gasteiger partial charge in [0.1, 0.15) is 5.56 Å². The number of pyridine rings is 1. The molecule has 1 atom stereocenters. The van der Waals surface area contributed by atoms with Gasteiger partial charge < -0.3 is 11.1 Å². The maximum Gasteiger partial charge on any atom is 0.264 e. The molecule has 0 saturated heterocycles. The molecule has 9 nitrogen and oxygen atoms in total. The van der Waals surface area contributed by atoms with Gasteiger partial charge in [-0.3, -0.25) is 19.1 Å². The van der Waals surface area contributed by atoms with Gasteiger partial charge in [0.05, 0.1) is 33.7 Å². The largest absolute Gasteiger partial charge is 0.381 e. The molecule has 196 valence electrons. The van der Waals surface area contributed by atoms with Crippen molar-refractivity contribution < 1.29 is 4.79 Å². The van der Waals surface area contributed by atoms with E-state index in [-0.39, 0.29) is 16.9 Å². The standard InChI is InChI=1S/C29H20BrN7O2S/c1-17(34-28(38)23-26(31)35-36-14-6-13-33-27(23)36)25-24(30)21-10-5-7-18(11-12-20-15-32-16-40-20)22(21)29(39)37(25)19-8-3-2-4-9-19/h2-10,13-17H,1H3,(H2,31,35)(H,34,38)/t17-/m0/s1. The number of nitrogens with zero attached hydrogens (tertiary/aromatic N) is 5. The molecule has 0 spiro atoms. The number of nitrogens with one attached hydrogen (secondary N) is 1. The van der Waals surface area contributed by atoms with Crippen LogP contribution in [0, 0.1) is 11.8 Å². The second-order valence-corrected chi connectivity index (χ2v) is 10.5. The third kappa shape index (κ3) is 4.43. The van der Waals surface area contributed by atoms with E-state index >= 15 is 0 Å². The monoisotopic (exact) mass is 609 g/mol. The Kier molecular flexibility index (Phi) is 6.63. The molecule has 0 bridgehead atoms. The van der Waals surface area contributed by atoms with Gasteiger partial charge in [-0.2, -0.15) is 0 Å². The Morgan fingerprint density at radius 3 is 2.73 bits per heavy atom. The van der Waals surface area contributed by atoms with E-state index < -0.39 is 11.9 Å². The summed E-state index contributed by atoms with van der Waals surface area (Å²) in [5.41, 5.74) is 9.85. The van der Waals surface area contributed by atoms with Crippen LogP contribution >= 0.6 is 27.3 Å². The average molecular weight is 610 g/mol. The van der Waals surface area contributed by atoms with Gasteiger partial charge in [-0.1, -0.05) is 36.3 Å². The molecule has 3 N–H and O–H groups in total. The van der Waals surface area contributed by atoms with E-state index in [2.05, 4.69) is 48.2 Å². The van der Waals surface area contributed by atoms with Gasteiger partial charge in [0.25, 0.3) is 11.5 Å². The van der Waals surface area contributed by atoms with Gasteiger partial charge in [0.15, 0.2) is 11.5 Å². The maximum atomic E-state index is 14.2. The highest BCUT2D eigenvalue weighted by molar-refractivity contribution is 9.10. The zero-order valence-corrected chi connectivity index (χ0v) is 23.4. The third-order valence-corrected chi connectivity index (χ3v) is 7.88. The fraction of sp³-hybridized carbons (Fsp3) is 0.0690. The number of amides is 1. The summed E-state index contributed by atoms with van der Waals surface area (Å²) in [6.45, 7) is 1.81. The fourth-order valence-electron chi connectivity index (χ4n) is 4.61. The molecule has 11 heteroatoms. The molecule has 6 rings (SSSR count). The van der Waals surface area contributed by atoms with Crippen molar-refractivity contribution in [2.24, 2.45) is 0 Å². The minimum absolute atomic E-state index is 0.0607. The molecule has 0 aliphatic carbocycles. The Bertz CT molecular complexity index is 2020. The van der Waals surface area contributed by atoms with Crippen LogP contribution in [-0.2, 0) is 0 Å². The van der Waals surface area contributed by atoms with Crippen molar-refractivity contribution in [1.29, 1.82) is 0 Å². The van der Waals surface area contributed by atoms with Gasteiger partial charge in [-0.05, 0) is 53.0 Å². The van der Waals surface area contributed by atoms with Crippen molar-refractivity contribution >= 4 is 55.4 Å². The van der Waals surface area contributed by atoms with E-state index in [1.165, 1.54) is 15.9 Å². The maximum absolute atomic E-state index is 14.2. The van der Waals surface area contributed by atoms with Crippen LogP contribution in [0.15, 0.2) is 88.0 Å². The molecule has 0 aliphatic rings. The second-order valence-electron chi connectivity index (χ2n) is 8.86. The number of para-hydroxylation sites is 1. The first-order valence-corrected chi connectivity index (χ1v) is 13.8. The molecule has 1 amide bonds. The summed E-state index contributed by atoms with van der Waals surface area (Å²) in [6.07, 6.45) is 4.93. The van der Waals surface area contributed by atoms with Crippen LogP contribution in [-0.4, -0.2) is 30.1 Å². The van der Waals surface area contributed by atoms with Crippen LogP contribution in [0.2, 0.25) is 0 Å². The summed E-state index contributed by atoms with van der Waals surface area (Å²) >= 11 is 5.19. The summed E-state index contributed by atoms with van der Waals surface area (Å²) in [7, 11) is 0. The Labute approximate surface area is 240 Å². The second kappa shape index (κ2) is 10.4. The summed E-state index contributed by atoms with van der Waals surface area (Å²) in [5, 5.41) is 8.33. The quantitative estimate of drug-likeness (QED) is 0.279. The first-order chi connectivity index (χ1) is 19.4. The van der Waals surface area contributed by atoms with Crippen molar-refractivity contribution in [3.8, 4) is 17.5 Å². The number of hydrogen-bond donors (Lipinski definition) is 2. The highest BCUT2D eigenvalue weighted by Gasteiger charge is 2.26. The van der Waals surface area contributed by atoms with Gasteiger partial charge in [0.2, 0.25) is 0 Å². The van der Waals surface area contributed by atoms with Gasteiger partial charge in [-0.15, -0.1) is 16.4 Å². The molecule has 2 aromatic carbocycles. The molecule has 40 heavy (non-hydrogen) atoms. The Hall–Kier alpha value is -4.79. The highest BCUT2D eigenvalue weighted by Crippen LogP contribution is 2.33. The Balaban J connectivity index is 1.52. The lowest BCUT2D eigenvalue weighted by molar-refractivity contribution is 0.0941. The first-order valence-electron chi connectivity index (χ1n) is 12.2. The number of benzene rings is 2. The van der Waals surface area contributed by atoms with Crippen molar-refractivity contribution in [3.05, 3.63) is 115 Å². The van der Waals surface area contributed by atoms with Crippen LogP contribution in [0.1, 0.15) is 39.5 Å². The van der Waals surface area contributed by atoms with Crippen molar-refractivity contribution in [1.82, 2.24) is 29.5 Å². The number of fused-ring (bicyclic) bond motifs is 2. The van der Waals surface area contributed by atoms with E-state index in [1.54, 1.807) is 34.7 Å². The number of aromatic nitrogens is 5. The molecular weight excluding hydrogens is 590 g/mol. The van der Waals surface area contributed by atoms with E-state index in [9.17, 15) is 9.59 Å². The number of carbonyl (C=O) groups is 1. The molecule has 0 aliphatic heterocycles. The molecule has 4 heterocycles. The molecule has 4 aromatic heterocycles. The van der Waals surface area contributed by atoms with Crippen molar-refractivity contribution in [2.75, 3.05) is 5.73 Å². The number of thiazole rings is 1. The summed E-state index contributed by atoms with van der Waals surface area (Å²) in [6, 6.07) is 15.9. The molecule has 0 radical (unpaired) electrons. The Morgan fingerprint density at radius 1 is 1.12 bits per heavy atom. The number of nitrogens with two attached hydrogens (primary N) is 1. The summed E-state index contributed by atoms with van der Waals surface area (Å²) in [4.78, 5) is 36.8. The zero-order valence-electron chi connectivity index (χ0n) is 21.0. The highest BCUT2D eigenvalue weighted by atomic mass is 79.9. The number of halogens is 1. The van der Waals surface area contributed by atoms with Crippen LogP contribution < -0.4 is 16.6 Å². The molecular formula is C29H20BrN7O2S. The van der Waals surface area contributed by atoms with Crippen molar-refractivity contribution in [3.63, 3.8) is 0 Å². The smallest absolute Gasteiger partial charge is 0.264 e. The van der Waals surface area contributed by atoms with Gasteiger partial charge in [-0.25, -0.2) is 9.50 Å².